The summed E-state index contributed by atoms with van der Waals surface area (Å²) in [6.07, 6.45) is 2.64. The molecule has 3 aromatic rings. The van der Waals surface area contributed by atoms with E-state index in [1.54, 1.807) is 24.3 Å². The number of hydrazone groups is 1. The van der Waals surface area contributed by atoms with E-state index < -0.39 is 6.17 Å². The highest BCUT2D eigenvalue weighted by Gasteiger charge is 2.40. The van der Waals surface area contributed by atoms with E-state index in [2.05, 4.69) is 15.9 Å². The molecule has 0 unspecified atom stereocenters. The first kappa shape index (κ1) is 29.0. The molecule has 0 N–H and O–H groups in total. The Labute approximate surface area is 253 Å². The molecule has 214 valence electrons. The van der Waals surface area contributed by atoms with Crippen LogP contribution in [0.4, 0.5) is 11.4 Å². The molecule has 1 saturated heterocycles. The number of carbonyl (C=O) groups excluding carboxylic acids is 2. The predicted octanol–water partition coefficient (Wildman–Crippen LogP) is 6.74. The number of rotatable bonds is 8. The molecule has 2 aliphatic rings. The van der Waals surface area contributed by atoms with Crippen molar-refractivity contribution >= 4 is 56.4 Å². The van der Waals surface area contributed by atoms with Crippen LogP contribution in [0.1, 0.15) is 43.5 Å². The number of piperidine rings is 1. The molecule has 0 aromatic heterocycles. The molecule has 8 nitrogen and oxygen atoms in total. The zero-order chi connectivity index (χ0) is 29.1. The summed E-state index contributed by atoms with van der Waals surface area (Å²) >= 11 is 9.85. The number of carbonyl (C=O) groups is 2. The molecule has 2 heterocycles. The van der Waals surface area contributed by atoms with E-state index in [9.17, 15) is 9.59 Å². The smallest absolute Gasteiger partial charge is 0.260 e. The number of hydrogen-bond donors (Lipinski definition) is 0. The first-order valence-corrected chi connectivity index (χ1v) is 14.7. The minimum Gasteiger partial charge on any atom is -0.493 e. The number of halogens is 2. The van der Waals surface area contributed by atoms with Crippen LogP contribution in [0.15, 0.2) is 70.2 Å². The maximum absolute atomic E-state index is 12.9. The molecule has 1 fully saturated rings. The molecule has 0 bridgehead atoms. The molecule has 5 rings (SSSR count). The van der Waals surface area contributed by atoms with Crippen LogP contribution in [0.25, 0.3) is 0 Å². The van der Waals surface area contributed by atoms with Crippen molar-refractivity contribution in [2.24, 2.45) is 5.10 Å². The van der Waals surface area contributed by atoms with Crippen molar-refractivity contribution in [2.45, 2.75) is 39.3 Å². The number of Topliss-reactive ketones (excluding diaryl/α,β-unsaturated/α-hetero) is 1. The van der Waals surface area contributed by atoms with Crippen LogP contribution >= 0.6 is 27.5 Å². The van der Waals surface area contributed by atoms with Crippen molar-refractivity contribution in [1.29, 1.82) is 0 Å². The molecule has 1 amide bonds. The highest BCUT2D eigenvalue weighted by atomic mass is 79.9. The van der Waals surface area contributed by atoms with Gasteiger partial charge in [0.2, 0.25) is 0 Å². The molecule has 41 heavy (non-hydrogen) atoms. The zero-order valence-electron chi connectivity index (χ0n) is 23.3. The Morgan fingerprint density at radius 2 is 1.66 bits per heavy atom. The minimum absolute atomic E-state index is 0.0440. The first-order valence-electron chi connectivity index (χ1n) is 13.5. The number of anilines is 2. The number of amides is 1. The summed E-state index contributed by atoms with van der Waals surface area (Å²) in [4.78, 5) is 29.5. The fraction of sp³-hybridized carbons (Fsp3) is 0.323. The van der Waals surface area contributed by atoms with Gasteiger partial charge >= 0.3 is 0 Å². The highest BCUT2D eigenvalue weighted by Crippen LogP contribution is 2.44. The lowest BCUT2D eigenvalue weighted by atomic mass is 10.1. The lowest BCUT2D eigenvalue weighted by Crippen LogP contribution is -2.38. The standard InChI is InChI=1S/C31H32BrClN4O4/c1-20-7-11-24(12-8-20)36-30(21(2)38)34-37(25-13-9-23(33)10-14-25)31(36)22-17-26(32)29(27(18-22)40-3)41-19-28(39)35-15-5-4-6-16-35/h7-14,17-18,31H,4-6,15-16,19H2,1-3H3/t31-/m0/s1. The third-order valence-electron chi connectivity index (χ3n) is 7.22. The van der Waals surface area contributed by atoms with Crippen molar-refractivity contribution in [2.75, 3.05) is 36.7 Å². The van der Waals surface area contributed by atoms with Gasteiger partial charge in [-0.2, -0.15) is 0 Å². The van der Waals surface area contributed by atoms with Gasteiger partial charge in [0, 0.05) is 36.3 Å². The van der Waals surface area contributed by atoms with Crippen LogP contribution in [0.2, 0.25) is 5.02 Å². The second-order valence-electron chi connectivity index (χ2n) is 10.1. The van der Waals surface area contributed by atoms with Gasteiger partial charge in [0.05, 0.1) is 17.3 Å². The number of hydrogen-bond acceptors (Lipinski definition) is 7. The topological polar surface area (TPSA) is 74.7 Å². The van der Waals surface area contributed by atoms with Gasteiger partial charge in [-0.3, -0.25) is 14.5 Å². The van der Waals surface area contributed by atoms with Gasteiger partial charge in [-0.1, -0.05) is 29.3 Å². The molecule has 10 heteroatoms. The number of amidine groups is 1. The van der Waals surface area contributed by atoms with Crippen LogP contribution in [0.5, 0.6) is 11.5 Å². The van der Waals surface area contributed by atoms with Gasteiger partial charge in [-0.05, 0) is 90.6 Å². The SMILES string of the molecule is COc1cc([C@@H]2N(c3ccc(Cl)cc3)N=C(C(C)=O)N2c2ccc(C)cc2)cc(Br)c1OCC(=O)N1CCCCC1. The first-order chi connectivity index (χ1) is 19.8. The summed E-state index contributed by atoms with van der Waals surface area (Å²) in [5, 5.41) is 7.19. The van der Waals surface area contributed by atoms with E-state index in [-0.39, 0.29) is 18.3 Å². The Bertz CT molecular complexity index is 1460. The second kappa shape index (κ2) is 12.5. The van der Waals surface area contributed by atoms with Crippen LogP contribution in [0.3, 0.4) is 0 Å². The Hall–Kier alpha value is -3.56. The van der Waals surface area contributed by atoms with Gasteiger partial charge < -0.3 is 14.4 Å². The van der Waals surface area contributed by atoms with Crippen molar-refractivity contribution in [3.05, 3.63) is 81.3 Å². The summed E-state index contributed by atoms with van der Waals surface area (Å²) in [7, 11) is 1.56. The Morgan fingerprint density at radius 1 is 1.00 bits per heavy atom. The third kappa shape index (κ3) is 6.21. The van der Waals surface area contributed by atoms with Crippen LogP contribution in [-0.4, -0.2) is 49.2 Å². The summed E-state index contributed by atoms with van der Waals surface area (Å²) in [5.41, 5.74) is 3.47. The fourth-order valence-corrected chi connectivity index (χ4v) is 5.82. The minimum atomic E-state index is -0.535. The van der Waals surface area contributed by atoms with Crippen molar-refractivity contribution in [1.82, 2.24) is 4.90 Å². The monoisotopic (exact) mass is 638 g/mol. The van der Waals surface area contributed by atoms with Crippen molar-refractivity contribution in [3.8, 4) is 11.5 Å². The lowest BCUT2D eigenvalue weighted by molar-refractivity contribution is -0.134. The molecular formula is C31H32BrClN4O4. The number of ketones is 1. The molecule has 0 spiro atoms. The number of likely N-dealkylation sites (tertiary alicyclic amines) is 1. The Morgan fingerprint density at radius 3 is 2.29 bits per heavy atom. The van der Waals surface area contributed by atoms with Crippen LogP contribution < -0.4 is 19.4 Å². The zero-order valence-corrected chi connectivity index (χ0v) is 25.6. The molecule has 2 aliphatic heterocycles. The highest BCUT2D eigenvalue weighted by molar-refractivity contribution is 9.10. The summed E-state index contributed by atoms with van der Waals surface area (Å²) in [5.74, 6) is 0.979. The normalized spacial score (nSPS) is 17.0. The Balaban J connectivity index is 1.55. The summed E-state index contributed by atoms with van der Waals surface area (Å²) in [6, 6.07) is 19.0. The van der Waals surface area contributed by atoms with Gasteiger partial charge in [-0.15, -0.1) is 5.10 Å². The van der Waals surface area contributed by atoms with Crippen LogP contribution in [-0.2, 0) is 9.59 Å². The van der Waals surface area contributed by atoms with Gasteiger partial charge in [0.15, 0.2) is 35.9 Å². The quantitative estimate of drug-likeness (QED) is 0.272. The lowest BCUT2D eigenvalue weighted by Gasteiger charge is -2.32. The molecule has 0 radical (unpaired) electrons. The fourth-order valence-electron chi connectivity index (χ4n) is 5.12. The number of methoxy groups -OCH3 is 1. The maximum atomic E-state index is 12.9. The predicted molar refractivity (Wildman–Crippen MR) is 165 cm³/mol. The number of aryl methyl sites for hydroxylation is 1. The van der Waals surface area contributed by atoms with Crippen molar-refractivity contribution < 1.29 is 19.1 Å². The summed E-state index contributed by atoms with van der Waals surface area (Å²) in [6.45, 7) is 4.96. The Kier molecular flexibility index (Phi) is 8.85. The van der Waals surface area contributed by atoms with Crippen LogP contribution in [0, 0.1) is 6.92 Å². The van der Waals surface area contributed by atoms with Crippen molar-refractivity contribution in [3.63, 3.8) is 0 Å². The maximum Gasteiger partial charge on any atom is 0.260 e. The van der Waals surface area contributed by atoms with E-state index in [1.165, 1.54) is 6.92 Å². The average molecular weight is 640 g/mol. The molecular weight excluding hydrogens is 608 g/mol. The van der Waals surface area contributed by atoms with E-state index >= 15 is 0 Å². The van der Waals surface area contributed by atoms with E-state index in [0.717, 1.165) is 54.9 Å². The second-order valence-corrected chi connectivity index (χ2v) is 11.4. The number of benzene rings is 3. The molecule has 3 aromatic carbocycles. The van der Waals surface area contributed by atoms with Gasteiger partial charge in [-0.25, -0.2) is 5.01 Å². The van der Waals surface area contributed by atoms with E-state index in [1.807, 2.05) is 65.3 Å². The van der Waals surface area contributed by atoms with Gasteiger partial charge in [0.1, 0.15) is 0 Å². The summed E-state index contributed by atoms with van der Waals surface area (Å²) < 4.78 is 12.4. The van der Waals surface area contributed by atoms with Gasteiger partial charge in [0.25, 0.3) is 5.91 Å². The molecule has 0 saturated carbocycles. The number of ether oxygens (including phenoxy) is 2. The van der Waals surface area contributed by atoms with E-state index in [0.29, 0.717) is 26.8 Å². The average Bonchev–Trinajstić information content (AvgIpc) is 3.38. The largest absolute Gasteiger partial charge is 0.493 e. The molecule has 0 aliphatic carbocycles. The molecule has 1 atom stereocenters. The third-order valence-corrected chi connectivity index (χ3v) is 8.06. The van der Waals surface area contributed by atoms with E-state index in [4.69, 9.17) is 26.2 Å². The number of nitrogens with zero attached hydrogens (tertiary/aromatic N) is 4.